The van der Waals surface area contributed by atoms with Crippen molar-refractivity contribution in [3.8, 4) is 22.9 Å². The lowest BCUT2D eigenvalue weighted by Gasteiger charge is -2.37. The van der Waals surface area contributed by atoms with Crippen molar-refractivity contribution in [1.82, 2.24) is 44.9 Å². The number of nitrogens with one attached hydrogen (secondary N) is 1. The fourth-order valence-electron chi connectivity index (χ4n) is 10.9. The number of piperidine rings is 1. The Morgan fingerprint density at radius 1 is 0.940 bits per heavy atom. The average molecular weight is 934 g/mol. The van der Waals surface area contributed by atoms with Gasteiger partial charge in [0.25, 0.3) is 12.3 Å². The fraction of sp³-hybridized carbons (Fsp3) is 0.490. The summed E-state index contributed by atoms with van der Waals surface area (Å²) in [5, 5.41) is 31.1. The number of alkyl halides is 2. The number of nitriles is 1. The van der Waals surface area contributed by atoms with E-state index >= 15 is 0 Å². The molecule has 4 aliphatic heterocycles. The first-order chi connectivity index (χ1) is 32.5. The zero-order valence-corrected chi connectivity index (χ0v) is 38.6. The number of ether oxygens (including phenoxy) is 1. The Labute approximate surface area is 393 Å². The molecule has 1 atom stereocenters. The molecular weight excluding hydrogens is 878 g/mol. The largest absolute Gasteiger partial charge is 0.490 e. The van der Waals surface area contributed by atoms with Crippen LogP contribution in [0.2, 0.25) is 5.02 Å². The zero-order valence-electron chi connectivity index (χ0n) is 37.9. The Kier molecular flexibility index (Phi) is 12.6. The van der Waals surface area contributed by atoms with E-state index in [4.69, 9.17) is 26.7 Å². The summed E-state index contributed by atoms with van der Waals surface area (Å²) in [5.74, 6) is 1.96. The molecule has 15 nitrogen and oxygen atoms in total. The number of carbonyl (C=O) groups is 2. The minimum Gasteiger partial charge on any atom is -0.490 e. The predicted octanol–water partition coefficient (Wildman–Crippen LogP) is 7.56. The molecule has 0 radical (unpaired) electrons. The molecule has 67 heavy (non-hydrogen) atoms. The number of hydrogen-bond donors (Lipinski definition) is 1. The Morgan fingerprint density at radius 3 is 2.45 bits per heavy atom. The molecule has 1 N–H and O–H groups in total. The first-order valence-electron chi connectivity index (χ1n) is 23.6. The number of amides is 2. The molecule has 5 aliphatic rings. The number of likely N-dealkylation sites (tertiary alicyclic amines) is 1. The van der Waals surface area contributed by atoms with E-state index in [2.05, 4.69) is 46.1 Å². The van der Waals surface area contributed by atoms with Crippen LogP contribution in [0.15, 0.2) is 54.9 Å². The zero-order chi connectivity index (χ0) is 46.3. The van der Waals surface area contributed by atoms with E-state index < -0.39 is 6.43 Å². The lowest BCUT2D eigenvalue weighted by atomic mass is 9.92. The number of halogens is 3. The lowest BCUT2D eigenvalue weighted by molar-refractivity contribution is -0.129. The topological polar surface area (TPSA) is 154 Å². The van der Waals surface area contributed by atoms with Gasteiger partial charge < -0.3 is 24.8 Å². The van der Waals surface area contributed by atoms with E-state index in [-0.39, 0.29) is 35.6 Å². The van der Waals surface area contributed by atoms with Crippen molar-refractivity contribution in [2.75, 3.05) is 49.1 Å². The Bertz CT molecular complexity index is 2690. The van der Waals surface area contributed by atoms with E-state index in [0.717, 1.165) is 118 Å². The first-order valence-corrected chi connectivity index (χ1v) is 23.9. The highest BCUT2D eigenvalue weighted by Gasteiger charge is 2.37. The van der Waals surface area contributed by atoms with Crippen molar-refractivity contribution in [1.29, 1.82) is 5.26 Å². The van der Waals surface area contributed by atoms with Crippen molar-refractivity contribution in [3.63, 3.8) is 0 Å². The van der Waals surface area contributed by atoms with Gasteiger partial charge in [0.1, 0.15) is 11.8 Å². The average Bonchev–Trinajstić information content (AvgIpc) is 4.11. The molecule has 3 aromatic heterocycles. The molecule has 0 spiro atoms. The Morgan fingerprint density at radius 2 is 1.75 bits per heavy atom. The molecule has 1 aliphatic carbocycles. The van der Waals surface area contributed by atoms with E-state index in [9.17, 15) is 18.4 Å². The third-order valence-corrected chi connectivity index (χ3v) is 14.8. The minimum absolute atomic E-state index is 0.00925. The second-order valence-electron chi connectivity index (χ2n) is 18.7. The number of aryl methyl sites for hydroxylation is 2. The quantitative estimate of drug-likeness (QED) is 0.148. The van der Waals surface area contributed by atoms with Crippen LogP contribution in [-0.2, 0) is 31.2 Å². The highest BCUT2D eigenvalue weighted by atomic mass is 35.5. The van der Waals surface area contributed by atoms with Crippen LogP contribution in [0.25, 0.3) is 11.1 Å². The number of carbonyl (C=O) groups excluding carboxylic acids is 2. The third kappa shape index (κ3) is 9.17. The monoisotopic (exact) mass is 932 g/mol. The van der Waals surface area contributed by atoms with Crippen LogP contribution in [0.1, 0.15) is 109 Å². The van der Waals surface area contributed by atoms with E-state index in [1.54, 1.807) is 61.4 Å². The Hall–Kier alpha value is -6.12. The van der Waals surface area contributed by atoms with Gasteiger partial charge in [-0.3, -0.25) is 23.9 Å². The molecule has 2 aromatic carbocycles. The molecule has 18 heteroatoms. The highest BCUT2D eigenvalue weighted by Crippen LogP contribution is 2.44. The van der Waals surface area contributed by atoms with Crippen LogP contribution in [0.5, 0.6) is 5.75 Å². The number of rotatable bonds is 10. The van der Waals surface area contributed by atoms with E-state index in [0.29, 0.717) is 65.3 Å². The number of anilines is 3. The molecule has 2 amide bonds. The summed E-state index contributed by atoms with van der Waals surface area (Å²) in [6.07, 6.45) is 9.04. The summed E-state index contributed by atoms with van der Waals surface area (Å²) in [5.41, 5.74) is 5.80. The maximum Gasteiger partial charge on any atom is 0.272 e. The molecule has 0 bridgehead atoms. The van der Waals surface area contributed by atoms with E-state index in [1.807, 2.05) is 17.0 Å². The van der Waals surface area contributed by atoms with Crippen molar-refractivity contribution in [2.45, 2.75) is 108 Å². The molecule has 7 heterocycles. The van der Waals surface area contributed by atoms with Crippen LogP contribution < -0.4 is 19.9 Å². The van der Waals surface area contributed by atoms with Crippen molar-refractivity contribution in [3.05, 3.63) is 93.5 Å². The van der Waals surface area contributed by atoms with Crippen LogP contribution in [-0.4, -0.2) is 109 Å². The van der Waals surface area contributed by atoms with Crippen molar-refractivity contribution in [2.24, 2.45) is 7.05 Å². The standard InChI is InChI=1S/C49H55ClF2N12O3/c1-30(65)61-21-16-44-41(29-61)48(63-17-3-4-31-22-39(33-26-54-59(2)27-33)40(47(51)52)24-45(31)63)58-64(44)35-13-18-60(19-14-35)36-15-20-62(28-36)46-12-11-43(56-57-46)49(66)55-34-6-9-37(10-7-34)67-38-8-5-32(25-53)42(50)23-38/h5,8,11-12,22-24,26-27,34-37,47H,3-4,6-7,9-10,13-21,28-29H2,1-2H3,(H,55,66)/t34?,36-,37?/m1/s1. The van der Waals surface area contributed by atoms with Gasteiger partial charge in [-0.15, -0.1) is 10.2 Å². The Balaban J connectivity index is 0.762. The van der Waals surface area contributed by atoms with Crippen LogP contribution >= 0.6 is 11.6 Å². The van der Waals surface area contributed by atoms with Gasteiger partial charge in [-0.05, 0) is 105 Å². The van der Waals surface area contributed by atoms with Gasteiger partial charge in [0.2, 0.25) is 5.91 Å². The van der Waals surface area contributed by atoms with Gasteiger partial charge in [0.05, 0.1) is 35.5 Å². The second kappa shape index (κ2) is 18.9. The molecule has 1 saturated carbocycles. The molecule has 3 fully saturated rings. The summed E-state index contributed by atoms with van der Waals surface area (Å²) < 4.78 is 39.5. The maximum atomic E-state index is 14.8. The van der Waals surface area contributed by atoms with Gasteiger partial charge in [0, 0.05) is 112 Å². The first kappa shape index (κ1) is 44.7. The van der Waals surface area contributed by atoms with Crippen LogP contribution in [0, 0.1) is 11.3 Å². The molecule has 5 aromatic rings. The number of fused-ring (bicyclic) bond motifs is 2. The smallest absolute Gasteiger partial charge is 0.272 e. The number of nitrogens with zero attached hydrogens (tertiary/aromatic N) is 11. The number of benzene rings is 2. The summed E-state index contributed by atoms with van der Waals surface area (Å²) in [4.78, 5) is 34.7. The number of hydrogen-bond acceptors (Lipinski definition) is 11. The van der Waals surface area contributed by atoms with Crippen LogP contribution in [0.4, 0.5) is 26.1 Å². The minimum atomic E-state index is -2.67. The van der Waals surface area contributed by atoms with E-state index in [1.165, 1.54) is 0 Å². The fourth-order valence-corrected chi connectivity index (χ4v) is 11.1. The van der Waals surface area contributed by atoms with Gasteiger partial charge in [-0.25, -0.2) is 8.78 Å². The summed E-state index contributed by atoms with van der Waals surface area (Å²) in [7, 11) is 1.79. The van der Waals surface area contributed by atoms with Gasteiger partial charge >= 0.3 is 0 Å². The van der Waals surface area contributed by atoms with Crippen molar-refractivity contribution < 1.29 is 23.1 Å². The molecular formula is C49H55ClF2N12O3. The van der Waals surface area contributed by atoms with Crippen LogP contribution in [0.3, 0.4) is 0 Å². The molecule has 350 valence electrons. The van der Waals surface area contributed by atoms with Gasteiger partial charge in [-0.1, -0.05) is 11.6 Å². The highest BCUT2D eigenvalue weighted by molar-refractivity contribution is 6.31. The maximum absolute atomic E-state index is 14.8. The van der Waals surface area contributed by atoms with Crippen molar-refractivity contribution >= 4 is 40.7 Å². The summed E-state index contributed by atoms with van der Waals surface area (Å²) >= 11 is 6.18. The summed E-state index contributed by atoms with van der Waals surface area (Å²) in [6.45, 7) is 6.82. The molecule has 10 rings (SSSR count). The predicted molar refractivity (Wildman–Crippen MR) is 249 cm³/mol. The SMILES string of the molecule is CC(=O)N1CCc2c(c(N3CCCc4cc(-c5cnn(C)c5)c(C(F)F)cc43)nn2C2CCN([C@@H]3CCN(c4ccc(C(=O)NC5CCC(Oc6ccc(C#N)c(Cl)c6)CC5)nn4)C3)CC2)C1. The molecule has 2 saturated heterocycles. The van der Waals surface area contributed by atoms with Gasteiger partial charge in [-0.2, -0.15) is 15.5 Å². The second-order valence-corrected chi connectivity index (χ2v) is 19.1. The molecule has 0 unspecified atom stereocenters. The number of aromatic nitrogens is 6. The normalized spacial score (nSPS) is 21.3. The van der Waals surface area contributed by atoms with Gasteiger partial charge in [0.15, 0.2) is 17.3 Å². The lowest BCUT2D eigenvalue weighted by Crippen LogP contribution is -2.43. The summed E-state index contributed by atoms with van der Waals surface area (Å²) in [6, 6.07) is 14.9. The third-order valence-electron chi connectivity index (χ3n) is 14.5.